The van der Waals surface area contributed by atoms with Gasteiger partial charge in [0.05, 0.1) is 13.5 Å². The number of carboxylic acids is 1. The lowest BCUT2D eigenvalue weighted by atomic mass is 10.0. The molecule has 2 rings (SSSR count). The maximum atomic E-state index is 12.7. The van der Waals surface area contributed by atoms with Crippen LogP contribution in [0.3, 0.4) is 0 Å². The smallest absolute Gasteiger partial charge is 0.328 e. The molecule has 0 aromatic heterocycles. The van der Waals surface area contributed by atoms with Crippen molar-refractivity contribution in [2.45, 2.75) is 50.6 Å². The average molecular weight is 298 g/mol. The first kappa shape index (κ1) is 15.6. The standard InChI is InChI=1S/C14H22N2O5/c1-21-13(19)11-4-2-3-8-16(11)14(20)15(10-5-6-10)9-7-12(17)18/h10-11H,2-9H2,1H3,(H,17,18). The van der Waals surface area contributed by atoms with E-state index in [1.54, 1.807) is 9.80 Å². The number of esters is 1. The molecule has 118 valence electrons. The van der Waals surface area contributed by atoms with Crippen LogP contribution >= 0.6 is 0 Å². The van der Waals surface area contributed by atoms with Crippen LogP contribution < -0.4 is 0 Å². The van der Waals surface area contributed by atoms with Crippen molar-refractivity contribution in [1.29, 1.82) is 0 Å². The van der Waals surface area contributed by atoms with Crippen LogP contribution in [0.25, 0.3) is 0 Å². The van der Waals surface area contributed by atoms with Crippen LogP contribution in [-0.4, -0.2) is 65.2 Å². The zero-order valence-corrected chi connectivity index (χ0v) is 12.3. The summed E-state index contributed by atoms with van der Waals surface area (Å²) in [6.07, 6.45) is 4.10. The number of nitrogens with zero attached hydrogens (tertiary/aromatic N) is 2. The van der Waals surface area contributed by atoms with Crippen LogP contribution in [0, 0.1) is 0 Å². The van der Waals surface area contributed by atoms with Crippen LogP contribution in [-0.2, 0) is 14.3 Å². The lowest BCUT2D eigenvalue weighted by molar-refractivity contribution is -0.147. The number of carboxylic acid groups (broad SMARTS) is 1. The number of ether oxygens (including phenoxy) is 1. The number of carbonyl (C=O) groups is 3. The molecule has 1 unspecified atom stereocenters. The summed E-state index contributed by atoms with van der Waals surface area (Å²) in [6, 6.07) is -0.645. The first-order valence-corrected chi connectivity index (χ1v) is 7.41. The summed E-state index contributed by atoms with van der Waals surface area (Å²) in [5.74, 6) is -1.31. The van der Waals surface area contributed by atoms with Gasteiger partial charge in [0.25, 0.3) is 0 Å². The van der Waals surface area contributed by atoms with Gasteiger partial charge in [-0.25, -0.2) is 9.59 Å². The molecule has 2 amide bonds. The lowest BCUT2D eigenvalue weighted by Gasteiger charge is -2.37. The van der Waals surface area contributed by atoms with E-state index in [1.165, 1.54) is 7.11 Å². The fourth-order valence-electron chi connectivity index (χ4n) is 2.74. The van der Waals surface area contributed by atoms with Gasteiger partial charge in [0, 0.05) is 19.1 Å². The fraction of sp³-hybridized carbons (Fsp3) is 0.786. The molecule has 1 heterocycles. The molecule has 1 N–H and O–H groups in total. The second-order valence-corrected chi connectivity index (χ2v) is 5.58. The zero-order chi connectivity index (χ0) is 15.4. The Hall–Kier alpha value is -1.79. The number of hydrogen-bond acceptors (Lipinski definition) is 4. The highest BCUT2D eigenvalue weighted by Gasteiger charge is 2.40. The van der Waals surface area contributed by atoms with Gasteiger partial charge in [0.1, 0.15) is 6.04 Å². The van der Waals surface area contributed by atoms with Crippen LogP contribution in [0.2, 0.25) is 0 Å². The van der Waals surface area contributed by atoms with E-state index < -0.39 is 18.0 Å². The Bertz CT molecular complexity index is 422. The monoisotopic (exact) mass is 298 g/mol. The molecule has 7 heteroatoms. The number of methoxy groups -OCH3 is 1. The molecular formula is C14H22N2O5. The van der Waals surface area contributed by atoms with E-state index in [9.17, 15) is 14.4 Å². The molecule has 1 atom stereocenters. The molecule has 7 nitrogen and oxygen atoms in total. The molecule has 0 bridgehead atoms. The minimum absolute atomic E-state index is 0.0705. The number of amides is 2. The number of likely N-dealkylation sites (tertiary alicyclic amines) is 1. The number of hydrogen-bond donors (Lipinski definition) is 1. The highest BCUT2D eigenvalue weighted by Crippen LogP contribution is 2.30. The Labute approximate surface area is 123 Å². The highest BCUT2D eigenvalue weighted by atomic mass is 16.5. The van der Waals surface area contributed by atoms with Crippen LogP contribution in [0.1, 0.15) is 38.5 Å². The van der Waals surface area contributed by atoms with Crippen molar-refractivity contribution in [2.75, 3.05) is 20.2 Å². The number of carbonyl (C=O) groups excluding carboxylic acids is 2. The summed E-state index contributed by atoms with van der Waals surface area (Å²) < 4.78 is 4.78. The lowest BCUT2D eigenvalue weighted by Crippen LogP contribution is -2.54. The molecular weight excluding hydrogens is 276 g/mol. The minimum atomic E-state index is -0.920. The minimum Gasteiger partial charge on any atom is -0.481 e. The summed E-state index contributed by atoms with van der Waals surface area (Å²) >= 11 is 0. The Balaban J connectivity index is 2.06. The fourth-order valence-corrected chi connectivity index (χ4v) is 2.74. The van der Waals surface area contributed by atoms with Gasteiger partial charge in [0.15, 0.2) is 0 Å². The predicted molar refractivity (Wildman–Crippen MR) is 73.7 cm³/mol. The average Bonchev–Trinajstić information content (AvgIpc) is 3.31. The van der Waals surface area contributed by atoms with Gasteiger partial charge in [0.2, 0.25) is 0 Å². The zero-order valence-electron chi connectivity index (χ0n) is 12.3. The van der Waals surface area contributed by atoms with Crippen LogP contribution in [0.5, 0.6) is 0 Å². The summed E-state index contributed by atoms with van der Waals surface area (Å²) in [5.41, 5.74) is 0. The Morgan fingerprint density at radius 1 is 1.24 bits per heavy atom. The molecule has 1 aliphatic heterocycles. The second-order valence-electron chi connectivity index (χ2n) is 5.58. The van der Waals surface area contributed by atoms with Crippen molar-refractivity contribution in [2.24, 2.45) is 0 Å². The van der Waals surface area contributed by atoms with Crippen molar-refractivity contribution in [3.8, 4) is 0 Å². The Morgan fingerprint density at radius 2 is 1.95 bits per heavy atom. The maximum Gasteiger partial charge on any atom is 0.328 e. The summed E-state index contributed by atoms with van der Waals surface area (Å²) in [7, 11) is 1.32. The van der Waals surface area contributed by atoms with Gasteiger partial charge in [-0.05, 0) is 32.1 Å². The summed E-state index contributed by atoms with van der Waals surface area (Å²) in [6.45, 7) is 0.720. The molecule has 0 spiro atoms. The number of urea groups is 1. The van der Waals surface area contributed by atoms with E-state index in [0.717, 1.165) is 25.7 Å². The van der Waals surface area contributed by atoms with Crippen molar-refractivity contribution in [3.05, 3.63) is 0 Å². The number of rotatable bonds is 5. The topological polar surface area (TPSA) is 87.2 Å². The van der Waals surface area contributed by atoms with Crippen molar-refractivity contribution in [1.82, 2.24) is 9.80 Å². The molecule has 21 heavy (non-hydrogen) atoms. The number of piperidine rings is 1. The molecule has 1 saturated carbocycles. The molecule has 1 aliphatic carbocycles. The van der Waals surface area contributed by atoms with Gasteiger partial charge in [-0.1, -0.05) is 0 Å². The van der Waals surface area contributed by atoms with Gasteiger partial charge >= 0.3 is 18.0 Å². The molecule has 0 aromatic carbocycles. The predicted octanol–water partition coefficient (Wildman–Crippen LogP) is 1.07. The first-order valence-electron chi connectivity index (χ1n) is 7.41. The SMILES string of the molecule is COC(=O)C1CCCCN1C(=O)N(CCC(=O)O)C1CC1. The molecule has 2 fully saturated rings. The van der Waals surface area contributed by atoms with Crippen LogP contribution in [0.4, 0.5) is 4.79 Å². The molecule has 2 aliphatic rings. The third-order valence-electron chi connectivity index (χ3n) is 4.02. The second kappa shape index (κ2) is 6.78. The van der Waals surface area contributed by atoms with Gasteiger partial charge < -0.3 is 19.6 Å². The highest BCUT2D eigenvalue weighted by molar-refractivity contribution is 5.84. The van der Waals surface area contributed by atoms with E-state index in [1.807, 2.05) is 0 Å². The van der Waals surface area contributed by atoms with E-state index in [0.29, 0.717) is 13.0 Å². The molecule has 0 radical (unpaired) electrons. The van der Waals surface area contributed by atoms with Crippen molar-refractivity contribution < 1.29 is 24.2 Å². The Morgan fingerprint density at radius 3 is 2.52 bits per heavy atom. The summed E-state index contributed by atoms with van der Waals surface area (Å²) in [4.78, 5) is 38.4. The van der Waals surface area contributed by atoms with E-state index >= 15 is 0 Å². The van der Waals surface area contributed by atoms with E-state index in [2.05, 4.69) is 0 Å². The van der Waals surface area contributed by atoms with Crippen LogP contribution in [0.15, 0.2) is 0 Å². The van der Waals surface area contributed by atoms with Crippen molar-refractivity contribution >= 4 is 18.0 Å². The third-order valence-corrected chi connectivity index (χ3v) is 4.02. The normalized spacial score (nSPS) is 21.8. The van der Waals surface area contributed by atoms with E-state index in [-0.39, 0.29) is 25.0 Å². The Kier molecular flexibility index (Phi) is 5.03. The summed E-state index contributed by atoms with van der Waals surface area (Å²) in [5, 5.41) is 8.81. The van der Waals surface area contributed by atoms with Gasteiger partial charge in [-0.3, -0.25) is 4.79 Å². The third kappa shape index (κ3) is 3.86. The van der Waals surface area contributed by atoms with E-state index in [4.69, 9.17) is 9.84 Å². The quantitative estimate of drug-likeness (QED) is 0.767. The first-order chi connectivity index (χ1) is 10.0. The van der Waals surface area contributed by atoms with Gasteiger partial charge in [-0.2, -0.15) is 0 Å². The largest absolute Gasteiger partial charge is 0.481 e. The molecule has 0 aromatic rings. The van der Waals surface area contributed by atoms with Gasteiger partial charge in [-0.15, -0.1) is 0 Å². The molecule has 1 saturated heterocycles. The maximum absolute atomic E-state index is 12.7. The number of aliphatic carboxylic acids is 1. The van der Waals surface area contributed by atoms with Crippen molar-refractivity contribution in [3.63, 3.8) is 0 Å².